The van der Waals surface area contributed by atoms with Crippen molar-refractivity contribution < 1.29 is 23.9 Å². The molecule has 2 aliphatic rings. The normalized spacial score (nSPS) is 19.0. The predicted molar refractivity (Wildman–Crippen MR) is 111 cm³/mol. The molecule has 2 aromatic rings. The molecule has 2 amide bonds. The maximum atomic E-state index is 13.1. The van der Waals surface area contributed by atoms with Gasteiger partial charge < -0.3 is 9.47 Å². The Balaban J connectivity index is 1.55. The molecule has 156 valence electrons. The summed E-state index contributed by atoms with van der Waals surface area (Å²) in [6.07, 6.45) is 0.914. The van der Waals surface area contributed by atoms with E-state index in [0.717, 1.165) is 17.5 Å². The van der Waals surface area contributed by atoms with Crippen LogP contribution in [0.1, 0.15) is 34.8 Å². The number of imide groups is 1. The maximum absolute atomic E-state index is 13.1. The van der Waals surface area contributed by atoms with Crippen LogP contribution in [0.4, 0.5) is 5.69 Å². The average molecular weight is 408 g/mol. The number of nitrogens with zero attached hydrogens (tertiary/aromatic N) is 2. The number of carbonyl (C=O) groups is 3. The van der Waals surface area contributed by atoms with Crippen molar-refractivity contribution in [3.63, 3.8) is 0 Å². The van der Waals surface area contributed by atoms with E-state index in [0.29, 0.717) is 35.8 Å². The van der Waals surface area contributed by atoms with Crippen molar-refractivity contribution in [2.24, 2.45) is 0 Å². The minimum Gasteiger partial charge on any atom is -0.493 e. The SMILES string of the molecule is COc1cc2c(cc1OC)CN([C@H]1CC(=O)N(c3ccc(C(C)=O)cc3)C1=O)CC2. The number of methoxy groups -OCH3 is 2. The molecule has 0 radical (unpaired) electrons. The van der Waals surface area contributed by atoms with E-state index in [4.69, 9.17) is 9.47 Å². The molecule has 1 saturated heterocycles. The van der Waals surface area contributed by atoms with E-state index in [2.05, 4.69) is 4.90 Å². The minimum atomic E-state index is -0.494. The fraction of sp³-hybridized carbons (Fsp3) is 0.348. The van der Waals surface area contributed by atoms with Gasteiger partial charge in [-0.1, -0.05) is 0 Å². The first kappa shape index (κ1) is 20.1. The Labute approximate surface area is 175 Å². The first-order valence-electron chi connectivity index (χ1n) is 9.88. The fourth-order valence-corrected chi connectivity index (χ4v) is 4.19. The van der Waals surface area contributed by atoms with Gasteiger partial charge in [-0.2, -0.15) is 0 Å². The van der Waals surface area contributed by atoms with E-state index in [1.54, 1.807) is 38.5 Å². The van der Waals surface area contributed by atoms with Crippen LogP contribution in [0.25, 0.3) is 0 Å². The van der Waals surface area contributed by atoms with Crippen molar-refractivity contribution in [1.29, 1.82) is 0 Å². The van der Waals surface area contributed by atoms with Crippen LogP contribution in [-0.4, -0.2) is 49.3 Å². The lowest BCUT2D eigenvalue weighted by Crippen LogP contribution is -2.44. The van der Waals surface area contributed by atoms with Crippen molar-refractivity contribution in [3.8, 4) is 11.5 Å². The third kappa shape index (κ3) is 3.45. The number of ether oxygens (including phenoxy) is 2. The zero-order valence-corrected chi connectivity index (χ0v) is 17.3. The molecule has 1 atom stereocenters. The summed E-state index contributed by atoms with van der Waals surface area (Å²) in [4.78, 5) is 40.6. The molecule has 0 bridgehead atoms. The highest BCUT2D eigenvalue weighted by Crippen LogP contribution is 2.35. The number of ketones is 1. The number of hydrogen-bond acceptors (Lipinski definition) is 6. The van der Waals surface area contributed by atoms with Gasteiger partial charge in [-0.05, 0) is 60.9 Å². The second-order valence-electron chi connectivity index (χ2n) is 7.59. The van der Waals surface area contributed by atoms with Crippen LogP contribution in [0.2, 0.25) is 0 Å². The van der Waals surface area contributed by atoms with Gasteiger partial charge in [0.15, 0.2) is 17.3 Å². The lowest BCUT2D eigenvalue weighted by atomic mass is 9.97. The van der Waals surface area contributed by atoms with Crippen LogP contribution in [-0.2, 0) is 22.6 Å². The molecule has 2 heterocycles. The zero-order chi connectivity index (χ0) is 21.4. The van der Waals surface area contributed by atoms with Gasteiger partial charge in [0.1, 0.15) is 0 Å². The number of amides is 2. The molecule has 0 aromatic heterocycles. The summed E-state index contributed by atoms with van der Waals surface area (Å²) < 4.78 is 10.8. The van der Waals surface area contributed by atoms with Gasteiger partial charge in [0, 0.05) is 18.7 Å². The average Bonchev–Trinajstić information content (AvgIpc) is 3.06. The maximum Gasteiger partial charge on any atom is 0.251 e. The Kier molecular flexibility index (Phi) is 5.30. The molecule has 7 nitrogen and oxygen atoms in total. The third-order valence-electron chi connectivity index (χ3n) is 5.84. The number of fused-ring (bicyclic) bond motifs is 1. The topological polar surface area (TPSA) is 76.2 Å². The smallest absolute Gasteiger partial charge is 0.251 e. The standard InChI is InChI=1S/C23H24N2O5/c1-14(26)15-4-6-18(7-5-15)25-22(27)12-19(23(25)28)24-9-8-16-10-20(29-2)21(30-3)11-17(16)13-24/h4-7,10-11,19H,8-9,12-13H2,1-3H3/t19-/m0/s1. The van der Waals surface area contributed by atoms with Gasteiger partial charge in [-0.25, -0.2) is 4.90 Å². The minimum absolute atomic E-state index is 0.0578. The highest BCUT2D eigenvalue weighted by molar-refractivity contribution is 6.22. The van der Waals surface area contributed by atoms with Gasteiger partial charge in [0.05, 0.1) is 32.4 Å². The molecule has 30 heavy (non-hydrogen) atoms. The summed E-state index contributed by atoms with van der Waals surface area (Å²) in [5.41, 5.74) is 3.29. The molecular weight excluding hydrogens is 384 g/mol. The largest absolute Gasteiger partial charge is 0.493 e. The van der Waals surface area contributed by atoms with Gasteiger partial charge in [-0.3, -0.25) is 19.3 Å². The van der Waals surface area contributed by atoms with Gasteiger partial charge >= 0.3 is 0 Å². The summed E-state index contributed by atoms with van der Waals surface area (Å²) >= 11 is 0. The molecule has 0 spiro atoms. The third-order valence-corrected chi connectivity index (χ3v) is 5.84. The molecule has 0 aliphatic carbocycles. The van der Waals surface area contributed by atoms with E-state index in [1.165, 1.54) is 11.8 Å². The number of anilines is 1. The van der Waals surface area contributed by atoms with E-state index < -0.39 is 6.04 Å². The summed E-state index contributed by atoms with van der Waals surface area (Å²) in [5.74, 6) is 0.840. The highest BCUT2D eigenvalue weighted by Gasteiger charge is 2.43. The van der Waals surface area contributed by atoms with Crippen LogP contribution in [0.15, 0.2) is 36.4 Å². The van der Waals surface area contributed by atoms with Crippen LogP contribution < -0.4 is 14.4 Å². The Hall–Kier alpha value is -3.19. The Morgan fingerprint density at radius 1 is 1.00 bits per heavy atom. The monoisotopic (exact) mass is 408 g/mol. The highest BCUT2D eigenvalue weighted by atomic mass is 16.5. The molecule has 0 saturated carbocycles. The van der Waals surface area contributed by atoms with Crippen LogP contribution in [0, 0.1) is 0 Å². The Morgan fingerprint density at radius 2 is 1.63 bits per heavy atom. The first-order chi connectivity index (χ1) is 14.4. The summed E-state index contributed by atoms with van der Waals surface area (Å²) in [6.45, 7) is 2.73. The number of rotatable bonds is 5. The molecule has 2 aromatic carbocycles. The van der Waals surface area contributed by atoms with Crippen LogP contribution in [0.5, 0.6) is 11.5 Å². The number of Topliss-reactive ketones (excluding diaryl/α,β-unsaturated/α-hetero) is 1. The second-order valence-corrected chi connectivity index (χ2v) is 7.59. The molecule has 7 heteroatoms. The van der Waals surface area contributed by atoms with Crippen molar-refractivity contribution in [2.45, 2.75) is 32.4 Å². The Morgan fingerprint density at radius 3 is 2.23 bits per heavy atom. The van der Waals surface area contributed by atoms with E-state index in [-0.39, 0.29) is 24.0 Å². The van der Waals surface area contributed by atoms with Crippen LogP contribution in [0.3, 0.4) is 0 Å². The van der Waals surface area contributed by atoms with Crippen molar-refractivity contribution in [2.75, 3.05) is 25.7 Å². The summed E-state index contributed by atoms with van der Waals surface area (Å²) in [6, 6.07) is 10.0. The second kappa shape index (κ2) is 7.91. The number of benzene rings is 2. The van der Waals surface area contributed by atoms with Crippen molar-refractivity contribution in [1.82, 2.24) is 4.90 Å². The lowest BCUT2D eigenvalue weighted by molar-refractivity contribution is -0.123. The van der Waals surface area contributed by atoms with Gasteiger partial charge in [-0.15, -0.1) is 0 Å². The zero-order valence-electron chi connectivity index (χ0n) is 17.3. The molecule has 4 rings (SSSR count). The van der Waals surface area contributed by atoms with E-state index >= 15 is 0 Å². The number of carbonyl (C=O) groups excluding carboxylic acids is 3. The first-order valence-corrected chi connectivity index (χ1v) is 9.88. The van der Waals surface area contributed by atoms with Crippen LogP contribution >= 0.6 is 0 Å². The lowest BCUT2D eigenvalue weighted by Gasteiger charge is -2.32. The van der Waals surface area contributed by atoms with Crippen molar-refractivity contribution in [3.05, 3.63) is 53.1 Å². The predicted octanol–water partition coefficient (Wildman–Crippen LogP) is 2.60. The summed E-state index contributed by atoms with van der Waals surface area (Å²) in [7, 11) is 3.21. The molecule has 1 fully saturated rings. The fourth-order valence-electron chi connectivity index (χ4n) is 4.19. The summed E-state index contributed by atoms with van der Waals surface area (Å²) in [5, 5.41) is 0. The van der Waals surface area contributed by atoms with Crippen molar-refractivity contribution >= 4 is 23.3 Å². The van der Waals surface area contributed by atoms with E-state index in [9.17, 15) is 14.4 Å². The molecule has 2 aliphatic heterocycles. The van der Waals surface area contributed by atoms with E-state index in [1.807, 2.05) is 12.1 Å². The number of hydrogen-bond donors (Lipinski definition) is 0. The van der Waals surface area contributed by atoms with Gasteiger partial charge in [0.25, 0.3) is 5.91 Å². The molecule has 0 N–H and O–H groups in total. The molecular formula is C23H24N2O5. The quantitative estimate of drug-likeness (QED) is 0.559. The van der Waals surface area contributed by atoms with Gasteiger partial charge in [0.2, 0.25) is 5.91 Å². The molecule has 0 unspecified atom stereocenters. The Bertz CT molecular complexity index is 1010.